The van der Waals surface area contributed by atoms with Crippen molar-refractivity contribution in [2.75, 3.05) is 17.2 Å². The molecule has 0 bridgehead atoms. The van der Waals surface area contributed by atoms with Crippen molar-refractivity contribution in [2.45, 2.75) is 20.8 Å². The molecule has 2 heterocycles. The maximum Gasteiger partial charge on any atom is 0.349 e. The minimum atomic E-state index is -0.704. The summed E-state index contributed by atoms with van der Waals surface area (Å²) in [5.74, 6) is -1.03. The Hall–Kier alpha value is -3.53. The second-order valence-corrected chi connectivity index (χ2v) is 7.27. The molecule has 2 amide bonds. The lowest BCUT2D eigenvalue weighted by atomic mass is 10.2. The maximum absolute atomic E-state index is 12.4. The summed E-state index contributed by atoms with van der Waals surface area (Å²) < 4.78 is 5.09. The van der Waals surface area contributed by atoms with Gasteiger partial charge < -0.3 is 20.4 Å². The number of ether oxygens (including phenoxy) is 1. The van der Waals surface area contributed by atoms with Crippen molar-refractivity contribution in [2.24, 2.45) is 0 Å². The zero-order valence-corrected chi connectivity index (χ0v) is 16.7. The van der Waals surface area contributed by atoms with Crippen LogP contribution in [0.3, 0.4) is 0 Å². The van der Waals surface area contributed by atoms with Gasteiger partial charge in [-0.15, -0.1) is 11.3 Å². The molecule has 0 fully saturated rings. The molecule has 0 aliphatic rings. The molecule has 10 heteroatoms. The Morgan fingerprint density at radius 1 is 1.17 bits per heavy atom. The van der Waals surface area contributed by atoms with Gasteiger partial charge in [-0.3, -0.25) is 14.4 Å². The minimum Gasteiger partial charge on any atom is -0.451 e. The molecule has 0 saturated heterocycles. The molecule has 3 N–H and O–H groups in total. The van der Waals surface area contributed by atoms with Crippen molar-refractivity contribution < 1.29 is 19.1 Å². The van der Waals surface area contributed by atoms with Crippen LogP contribution in [0, 0.1) is 13.8 Å². The molecule has 2 aromatic heterocycles. The van der Waals surface area contributed by atoms with E-state index in [1.807, 2.05) is 0 Å². The van der Waals surface area contributed by atoms with Gasteiger partial charge in [0.15, 0.2) is 6.61 Å². The van der Waals surface area contributed by atoms with Gasteiger partial charge in [0.25, 0.3) is 11.5 Å². The van der Waals surface area contributed by atoms with Crippen LogP contribution in [-0.2, 0) is 14.3 Å². The highest BCUT2D eigenvalue weighted by Crippen LogP contribution is 2.27. The van der Waals surface area contributed by atoms with Gasteiger partial charge in [-0.05, 0) is 37.6 Å². The Morgan fingerprint density at radius 2 is 1.86 bits per heavy atom. The summed E-state index contributed by atoms with van der Waals surface area (Å²) in [6.07, 6.45) is 0. The second kappa shape index (κ2) is 8.23. The Kier molecular flexibility index (Phi) is 5.74. The summed E-state index contributed by atoms with van der Waals surface area (Å²) >= 11 is 1.05. The van der Waals surface area contributed by atoms with Crippen LogP contribution in [0.25, 0.3) is 10.2 Å². The normalized spacial score (nSPS) is 10.6. The summed E-state index contributed by atoms with van der Waals surface area (Å²) in [5.41, 5.74) is 1.12. The molecule has 0 aliphatic heterocycles. The number of thiophene rings is 1. The number of aromatic nitrogens is 2. The molecule has 0 unspecified atom stereocenters. The Balaban J connectivity index is 1.66. The fraction of sp³-hybridized carbons (Fsp3) is 0.211. The number of aromatic amines is 1. The van der Waals surface area contributed by atoms with Crippen molar-refractivity contribution in [3.63, 3.8) is 0 Å². The van der Waals surface area contributed by atoms with Crippen LogP contribution in [0.1, 0.15) is 28.0 Å². The van der Waals surface area contributed by atoms with Crippen molar-refractivity contribution in [3.8, 4) is 0 Å². The third-order valence-electron chi connectivity index (χ3n) is 3.91. The minimum absolute atomic E-state index is 0.226. The van der Waals surface area contributed by atoms with E-state index >= 15 is 0 Å². The molecule has 0 aliphatic carbocycles. The second-order valence-electron chi connectivity index (χ2n) is 6.27. The highest BCUT2D eigenvalue weighted by molar-refractivity contribution is 7.20. The van der Waals surface area contributed by atoms with Gasteiger partial charge in [0, 0.05) is 18.3 Å². The van der Waals surface area contributed by atoms with Crippen LogP contribution in [0.5, 0.6) is 0 Å². The molecular formula is C19H18N4O5S. The Labute approximate surface area is 169 Å². The summed E-state index contributed by atoms with van der Waals surface area (Å²) in [7, 11) is 0. The van der Waals surface area contributed by atoms with Crippen LogP contribution >= 0.6 is 11.3 Å². The number of H-pyrrole nitrogens is 1. The third kappa shape index (κ3) is 4.66. The predicted molar refractivity (Wildman–Crippen MR) is 109 cm³/mol. The van der Waals surface area contributed by atoms with E-state index in [2.05, 4.69) is 20.6 Å². The third-order valence-corrected chi connectivity index (χ3v) is 5.07. The van der Waals surface area contributed by atoms with Gasteiger partial charge in [0.1, 0.15) is 15.5 Å². The number of nitrogens with zero attached hydrogens (tertiary/aromatic N) is 1. The molecule has 0 saturated carbocycles. The van der Waals surface area contributed by atoms with Crippen molar-refractivity contribution >= 4 is 50.7 Å². The van der Waals surface area contributed by atoms with Crippen LogP contribution in [-0.4, -0.2) is 34.4 Å². The van der Waals surface area contributed by atoms with Crippen LogP contribution in [0.4, 0.5) is 11.4 Å². The van der Waals surface area contributed by atoms with Crippen LogP contribution in [0.15, 0.2) is 29.1 Å². The Morgan fingerprint density at radius 3 is 2.55 bits per heavy atom. The van der Waals surface area contributed by atoms with Crippen molar-refractivity contribution in [1.29, 1.82) is 0 Å². The number of aryl methyl sites for hydroxylation is 2. The summed E-state index contributed by atoms with van der Waals surface area (Å²) in [5, 5.41) is 5.54. The predicted octanol–water partition coefficient (Wildman–Crippen LogP) is 2.36. The SMILES string of the molecule is CC(=O)Nc1cccc(NC(=O)COC(=O)c2sc3nc(C)[nH]c(=O)c3c2C)c1. The molecular weight excluding hydrogens is 396 g/mol. The van der Waals surface area contributed by atoms with E-state index in [0.717, 1.165) is 11.3 Å². The van der Waals surface area contributed by atoms with Crippen molar-refractivity contribution in [3.05, 3.63) is 50.9 Å². The first kappa shape index (κ1) is 20.2. The first-order valence-electron chi connectivity index (χ1n) is 8.59. The lowest BCUT2D eigenvalue weighted by molar-refractivity contribution is -0.119. The van der Waals surface area contributed by atoms with Crippen molar-refractivity contribution in [1.82, 2.24) is 9.97 Å². The zero-order valence-electron chi connectivity index (χ0n) is 15.9. The lowest BCUT2D eigenvalue weighted by Gasteiger charge is -2.08. The number of hydrogen-bond acceptors (Lipinski definition) is 7. The summed E-state index contributed by atoms with van der Waals surface area (Å²) in [6.45, 7) is 4.17. The van der Waals surface area contributed by atoms with Crippen LogP contribution in [0.2, 0.25) is 0 Å². The number of benzene rings is 1. The number of esters is 1. The topological polar surface area (TPSA) is 130 Å². The van der Waals surface area contributed by atoms with Gasteiger partial charge in [-0.2, -0.15) is 0 Å². The average molecular weight is 414 g/mol. The standard InChI is InChI=1S/C19H18N4O5S/c1-9-15-17(26)20-10(2)21-18(15)29-16(9)19(27)28-8-14(25)23-13-6-4-5-12(7-13)22-11(3)24/h4-7H,8H2,1-3H3,(H,22,24)(H,23,25)(H,20,21,26). The quantitative estimate of drug-likeness (QED) is 0.550. The molecule has 150 valence electrons. The number of hydrogen-bond donors (Lipinski definition) is 3. The highest BCUT2D eigenvalue weighted by atomic mass is 32.1. The number of rotatable bonds is 5. The van der Waals surface area contributed by atoms with E-state index in [-0.39, 0.29) is 16.3 Å². The maximum atomic E-state index is 12.4. The smallest absolute Gasteiger partial charge is 0.349 e. The number of carbonyl (C=O) groups excluding carboxylic acids is 3. The van der Waals surface area contributed by atoms with E-state index in [9.17, 15) is 19.2 Å². The van der Waals surface area contributed by atoms with Gasteiger partial charge >= 0.3 is 5.97 Å². The molecule has 29 heavy (non-hydrogen) atoms. The summed E-state index contributed by atoms with van der Waals surface area (Å²) in [4.78, 5) is 55.2. The molecule has 0 atom stereocenters. The fourth-order valence-electron chi connectivity index (χ4n) is 2.72. The largest absolute Gasteiger partial charge is 0.451 e. The Bertz CT molecular complexity index is 1180. The molecule has 1 aromatic carbocycles. The first-order valence-corrected chi connectivity index (χ1v) is 9.41. The fourth-order valence-corrected chi connectivity index (χ4v) is 3.84. The van der Waals surface area contributed by atoms with E-state index < -0.39 is 18.5 Å². The van der Waals surface area contributed by atoms with Crippen LogP contribution < -0.4 is 16.2 Å². The van der Waals surface area contributed by atoms with E-state index in [0.29, 0.717) is 33.0 Å². The number of anilines is 2. The summed E-state index contributed by atoms with van der Waals surface area (Å²) in [6, 6.07) is 6.57. The molecule has 0 spiro atoms. The van der Waals surface area contributed by atoms with Gasteiger partial charge in [-0.25, -0.2) is 9.78 Å². The molecule has 3 aromatic rings. The average Bonchev–Trinajstić information content (AvgIpc) is 2.96. The van der Waals surface area contributed by atoms with Gasteiger partial charge in [0.2, 0.25) is 5.91 Å². The first-order chi connectivity index (χ1) is 13.7. The number of amides is 2. The van der Waals surface area contributed by atoms with E-state index in [1.54, 1.807) is 38.1 Å². The molecule has 3 rings (SSSR count). The van der Waals surface area contributed by atoms with Gasteiger partial charge in [0.05, 0.1) is 5.39 Å². The molecule has 9 nitrogen and oxygen atoms in total. The van der Waals surface area contributed by atoms with E-state index in [1.165, 1.54) is 6.92 Å². The number of nitrogens with one attached hydrogen (secondary N) is 3. The zero-order chi connectivity index (χ0) is 21.1. The van der Waals surface area contributed by atoms with E-state index in [4.69, 9.17) is 4.74 Å². The lowest BCUT2D eigenvalue weighted by Crippen LogP contribution is -2.21. The number of fused-ring (bicyclic) bond motifs is 1. The molecule has 0 radical (unpaired) electrons. The monoisotopic (exact) mass is 414 g/mol. The highest BCUT2D eigenvalue weighted by Gasteiger charge is 2.20. The number of carbonyl (C=O) groups is 3. The van der Waals surface area contributed by atoms with Gasteiger partial charge in [-0.1, -0.05) is 6.07 Å².